The minimum atomic E-state index is -0.163. The Hall–Kier alpha value is -6.18. The van der Waals surface area contributed by atoms with Gasteiger partial charge in [0, 0.05) is 16.8 Å². The zero-order chi connectivity index (χ0) is 33.4. The molecule has 0 aliphatic heterocycles. The summed E-state index contributed by atoms with van der Waals surface area (Å²) in [5, 5.41) is 10.2. The van der Waals surface area contributed by atoms with Gasteiger partial charge in [0.2, 0.25) is 0 Å². The Kier molecular flexibility index (Phi) is 6.29. The van der Waals surface area contributed by atoms with Gasteiger partial charge in [-0.05, 0) is 107 Å². The lowest BCUT2D eigenvalue weighted by Crippen LogP contribution is -2.20. The third kappa shape index (κ3) is 4.27. The summed E-state index contributed by atoms with van der Waals surface area (Å²) in [5.74, 6) is 0. The van der Waals surface area contributed by atoms with Crippen LogP contribution in [0.5, 0.6) is 0 Å². The maximum absolute atomic E-state index is 2.49. The lowest BCUT2D eigenvalue weighted by molar-refractivity contribution is 0.661. The Morgan fingerprint density at radius 3 is 1.74 bits per heavy atom. The zero-order valence-corrected chi connectivity index (χ0v) is 28.2. The Labute approximate surface area is 292 Å². The van der Waals surface area contributed by atoms with Crippen molar-refractivity contribution in [2.45, 2.75) is 19.3 Å². The summed E-state index contributed by atoms with van der Waals surface area (Å²) in [7, 11) is 0. The van der Waals surface area contributed by atoms with Gasteiger partial charge >= 0.3 is 0 Å². The minimum Gasteiger partial charge on any atom is -0.310 e. The standard InChI is InChI=1S/C49H35N/c1-49(2)44-17-9-8-15-41(44)42-16-10-18-45(48(42)49)50(38-28-25-33(26-29-38)32-11-4-3-5-12-32)39-30-27-35-20-22-37-24-23-36-21-19-34-13-6-7-14-40(34)46(36)47(37)43(35)31-39/h3-31H,1-2H3. The molecule has 236 valence electrons. The molecule has 9 aromatic carbocycles. The molecule has 50 heavy (non-hydrogen) atoms. The van der Waals surface area contributed by atoms with Crippen molar-refractivity contribution in [3.8, 4) is 22.3 Å². The van der Waals surface area contributed by atoms with Crippen molar-refractivity contribution in [2.24, 2.45) is 0 Å². The van der Waals surface area contributed by atoms with Gasteiger partial charge in [0.15, 0.2) is 0 Å². The molecule has 0 N–H and O–H groups in total. The molecule has 0 fully saturated rings. The highest BCUT2D eigenvalue weighted by atomic mass is 15.1. The first-order chi connectivity index (χ1) is 24.6. The van der Waals surface area contributed by atoms with Crippen molar-refractivity contribution < 1.29 is 0 Å². The Morgan fingerprint density at radius 1 is 0.400 bits per heavy atom. The highest BCUT2D eigenvalue weighted by Crippen LogP contribution is 2.54. The molecule has 9 aromatic rings. The van der Waals surface area contributed by atoms with E-state index in [4.69, 9.17) is 0 Å². The van der Waals surface area contributed by atoms with Crippen molar-refractivity contribution in [3.05, 3.63) is 187 Å². The van der Waals surface area contributed by atoms with Crippen LogP contribution >= 0.6 is 0 Å². The summed E-state index contributed by atoms with van der Waals surface area (Å²) in [5.41, 5.74) is 11.2. The molecule has 0 saturated carbocycles. The van der Waals surface area contributed by atoms with E-state index in [0.717, 1.165) is 11.4 Å². The Morgan fingerprint density at radius 2 is 0.960 bits per heavy atom. The van der Waals surface area contributed by atoms with E-state index in [2.05, 4.69) is 195 Å². The number of anilines is 3. The predicted molar refractivity (Wildman–Crippen MR) is 214 cm³/mol. The number of hydrogen-bond acceptors (Lipinski definition) is 1. The van der Waals surface area contributed by atoms with Gasteiger partial charge in [-0.1, -0.05) is 159 Å². The maximum atomic E-state index is 2.49. The van der Waals surface area contributed by atoms with Gasteiger partial charge in [-0.3, -0.25) is 0 Å². The second kappa shape index (κ2) is 10.9. The summed E-state index contributed by atoms with van der Waals surface area (Å²) in [6.45, 7) is 4.76. The van der Waals surface area contributed by atoms with Gasteiger partial charge in [-0.25, -0.2) is 0 Å². The summed E-state index contributed by atoms with van der Waals surface area (Å²) in [6, 6.07) is 65.0. The topological polar surface area (TPSA) is 3.24 Å². The summed E-state index contributed by atoms with van der Waals surface area (Å²) in [4.78, 5) is 2.49. The average molecular weight is 638 g/mol. The molecular weight excluding hydrogens is 603 g/mol. The van der Waals surface area contributed by atoms with Crippen molar-refractivity contribution in [1.29, 1.82) is 0 Å². The van der Waals surface area contributed by atoms with Crippen LogP contribution in [0.2, 0.25) is 0 Å². The Balaban J connectivity index is 1.26. The molecular formula is C49H35N. The molecule has 0 heterocycles. The minimum absolute atomic E-state index is 0.163. The van der Waals surface area contributed by atoms with Crippen LogP contribution in [0.4, 0.5) is 17.1 Å². The lowest BCUT2D eigenvalue weighted by atomic mass is 9.81. The highest BCUT2D eigenvalue weighted by Gasteiger charge is 2.38. The highest BCUT2D eigenvalue weighted by molar-refractivity contribution is 6.27. The fourth-order valence-electron chi connectivity index (χ4n) is 8.63. The third-order valence-electron chi connectivity index (χ3n) is 11.0. The molecule has 0 spiro atoms. The zero-order valence-electron chi connectivity index (χ0n) is 28.2. The number of benzene rings is 9. The van der Waals surface area contributed by atoms with Crippen LogP contribution in [0.3, 0.4) is 0 Å². The van der Waals surface area contributed by atoms with Gasteiger partial charge < -0.3 is 4.90 Å². The number of hydrogen-bond donors (Lipinski definition) is 0. The van der Waals surface area contributed by atoms with Gasteiger partial charge in [0.05, 0.1) is 5.69 Å². The van der Waals surface area contributed by atoms with Crippen LogP contribution in [-0.4, -0.2) is 0 Å². The second-order valence-corrected chi connectivity index (χ2v) is 14.1. The van der Waals surface area contributed by atoms with Crippen molar-refractivity contribution in [3.63, 3.8) is 0 Å². The first-order valence-electron chi connectivity index (χ1n) is 17.5. The second-order valence-electron chi connectivity index (χ2n) is 14.1. The van der Waals surface area contributed by atoms with E-state index in [1.807, 2.05) is 0 Å². The first-order valence-corrected chi connectivity index (χ1v) is 17.5. The fourth-order valence-corrected chi connectivity index (χ4v) is 8.63. The molecule has 10 rings (SSSR count). The third-order valence-corrected chi connectivity index (χ3v) is 11.0. The normalized spacial score (nSPS) is 13.2. The number of nitrogens with zero attached hydrogens (tertiary/aromatic N) is 1. The van der Waals surface area contributed by atoms with E-state index < -0.39 is 0 Å². The van der Waals surface area contributed by atoms with Crippen LogP contribution in [0.25, 0.3) is 65.3 Å². The molecule has 0 amide bonds. The number of rotatable bonds is 4. The van der Waals surface area contributed by atoms with E-state index in [0.29, 0.717) is 0 Å². The van der Waals surface area contributed by atoms with Crippen LogP contribution in [-0.2, 0) is 5.41 Å². The van der Waals surface area contributed by atoms with E-state index >= 15 is 0 Å². The van der Waals surface area contributed by atoms with E-state index in [1.54, 1.807) is 0 Å². The van der Waals surface area contributed by atoms with Crippen LogP contribution < -0.4 is 4.90 Å². The van der Waals surface area contributed by atoms with Crippen LogP contribution in [0.15, 0.2) is 176 Å². The van der Waals surface area contributed by atoms with Crippen LogP contribution in [0, 0.1) is 0 Å². The largest absolute Gasteiger partial charge is 0.310 e. The number of fused-ring (bicyclic) bond motifs is 10. The monoisotopic (exact) mass is 637 g/mol. The van der Waals surface area contributed by atoms with Crippen LogP contribution in [0.1, 0.15) is 25.0 Å². The van der Waals surface area contributed by atoms with E-state index in [-0.39, 0.29) is 5.41 Å². The molecule has 0 saturated heterocycles. The molecule has 0 radical (unpaired) electrons. The van der Waals surface area contributed by atoms with Gasteiger partial charge in [-0.2, -0.15) is 0 Å². The van der Waals surface area contributed by atoms with E-state index in [9.17, 15) is 0 Å². The molecule has 1 aliphatic carbocycles. The van der Waals surface area contributed by atoms with Gasteiger partial charge in [-0.15, -0.1) is 0 Å². The Bertz CT molecular complexity index is 2760. The smallest absolute Gasteiger partial charge is 0.0508 e. The molecule has 1 nitrogen and oxygen atoms in total. The fraction of sp³-hybridized carbons (Fsp3) is 0.0612. The quantitative estimate of drug-likeness (QED) is 0.174. The van der Waals surface area contributed by atoms with Crippen molar-refractivity contribution in [1.82, 2.24) is 0 Å². The van der Waals surface area contributed by atoms with E-state index in [1.165, 1.54) is 82.2 Å². The summed E-state index contributed by atoms with van der Waals surface area (Å²) < 4.78 is 0. The predicted octanol–water partition coefficient (Wildman–Crippen LogP) is 13.7. The molecule has 0 atom stereocenters. The molecule has 1 aliphatic rings. The van der Waals surface area contributed by atoms with Crippen molar-refractivity contribution in [2.75, 3.05) is 4.90 Å². The summed E-state index contributed by atoms with van der Waals surface area (Å²) >= 11 is 0. The molecule has 0 aromatic heterocycles. The first kappa shape index (κ1) is 28.8. The lowest BCUT2D eigenvalue weighted by Gasteiger charge is -2.32. The molecule has 0 unspecified atom stereocenters. The molecule has 1 heteroatoms. The summed E-state index contributed by atoms with van der Waals surface area (Å²) in [6.07, 6.45) is 0. The maximum Gasteiger partial charge on any atom is 0.0508 e. The van der Waals surface area contributed by atoms with Gasteiger partial charge in [0.25, 0.3) is 0 Å². The van der Waals surface area contributed by atoms with Crippen molar-refractivity contribution >= 4 is 60.2 Å². The molecule has 0 bridgehead atoms. The average Bonchev–Trinajstić information content (AvgIpc) is 3.41. The van der Waals surface area contributed by atoms with Gasteiger partial charge in [0.1, 0.15) is 0 Å². The SMILES string of the molecule is CC1(C)c2ccccc2-c2cccc(N(c3ccc(-c4ccccc4)cc3)c3ccc4ccc5ccc6ccc7ccccc7c6c5c4c3)c21.